The number of fused-ring (bicyclic) bond motifs is 1. The number of rotatable bonds is 3. The molecule has 1 amide bonds. The molecule has 0 bridgehead atoms. The first-order chi connectivity index (χ1) is 8.08. The molecule has 98 valence electrons. The van der Waals surface area contributed by atoms with Crippen LogP contribution in [-0.2, 0) is 11.3 Å². The zero-order valence-electron chi connectivity index (χ0n) is 10.4. The molecular weight excluding hydrogens is 252 g/mol. The molecule has 1 aromatic carbocycles. The molecule has 0 aliphatic rings. The van der Waals surface area contributed by atoms with Crippen LogP contribution in [0.3, 0.4) is 0 Å². The van der Waals surface area contributed by atoms with Gasteiger partial charge in [0.2, 0.25) is 5.91 Å². The number of benzene rings is 1. The molecule has 0 unspecified atom stereocenters. The van der Waals surface area contributed by atoms with Crippen LogP contribution < -0.4 is 5.73 Å². The van der Waals surface area contributed by atoms with E-state index in [4.69, 9.17) is 10.2 Å². The summed E-state index contributed by atoms with van der Waals surface area (Å²) in [4.78, 5) is 13.2. The van der Waals surface area contributed by atoms with E-state index in [1.165, 1.54) is 0 Å². The Labute approximate surface area is 112 Å². The van der Waals surface area contributed by atoms with E-state index in [0.717, 1.165) is 16.7 Å². The molecule has 1 atom stereocenters. The van der Waals surface area contributed by atoms with Gasteiger partial charge in [0.1, 0.15) is 11.3 Å². The van der Waals surface area contributed by atoms with Crippen LogP contribution in [0.4, 0.5) is 0 Å². The van der Waals surface area contributed by atoms with Crippen molar-refractivity contribution in [2.75, 3.05) is 7.05 Å². The zero-order chi connectivity index (χ0) is 12.4. The van der Waals surface area contributed by atoms with Crippen LogP contribution in [0.5, 0.6) is 0 Å². The van der Waals surface area contributed by atoms with Crippen molar-refractivity contribution in [2.24, 2.45) is 5.73 Å². The molecule has 18 heavy (non-hydrogen) atoms. The predicted molar refractivity (Wildman–Crippen MR) is 73.6 cm³/mol. The molecule has 0 saturated heterocycles. The Bertz CT molecular complexity index is 504. The summed E-state index contributed by atoms with van der Waals surface area (Å²) in [5, 5.41) is 1.05. The van der Waals surface area contributed by atoms with Crippen molar-refractivity contribution in [2.45, 2.75) is 19.5 Å². The number of carbonyl (C=O) groups is 1. The van der Waals surface area contributed by atoms with Gasteiger partial charge in [-0.1, -0.05) is 18.2 Å². The van der Waals surface area contributed by atoms with Crippen LogP contribution in [0.1, 0.15) is 12.7 Å². The Morgan fingerprint density at radius 3 is 2.72 bits per heavy atom. The molecule has 2 rings (SSSR count). The van der Waals surface area contributed by atoms with Crippen molar-refractivity contribution in [3.63, 3.8) is 0 Å². The van der Waals surface area contributed by atoms with Crippen molar-refractivity contribution in [1.29, 1.82) is 0 Å². The summed E-state index contributed by atoms with van der Waals surface area (Å²) < 4.78 is 5.63. The molecule has 1 heterocycles. The number of para-hydroxylation sites is 1. The van der Waals surface area contributed by atoms with E-state index in [1.807, 2.05) is 30.3 Å². The lowest BCUT2D eigenvalue weighted by atomic mass is 10.2. The molecule has 0 aliphatic carbocycles. The fourth-order valence-electron chi connectivity index (χ4n) is 1.77. The highest BCUT2D eigenvalue weighted by atomic mass is 35.5. The Hall–Kier alpha value is -1.52. The highest BCUT2D eigenvalue weighted by molar-refractivity contribution is 5.85. The highest BCUT2D eigenvalue weighted by Crippen LogP contribution is 2.19. The maximum Gasteiger partial charge on any atom is 0.239 e. The van der Waals surface area contributed by atoms with Crippen LogP contribution in [0.15, 0.2) is 34.7 Å². The minimum absolute atomic E-state index is 0. The Kier molecular flexibility index (Phi) is 4.76. The van der Waals surface area contributed by atoms with Gasteiger partial charge in [0, 0.05) is 12.4 Å². The van der Waals surface area contributed by atoms with Crippen LogP contribution in [0.25, 0.3) is 11.0 Å². The van der Waals surface area contributed by atoms with E-state index >= 15 is 0 Å². The fraction of sp³-hybridized carbons (Fsp3) is 0.308. The standard InChI is InChI=1S/C13H16N2O2.ClH/c1-9(14)13(16)15(2)8-11-7-10-5-3-4-6-12(10)17-11;/h3-7,9H,8,14H2,1-2H3;1H/t9-;/m0./s1. The SMILES string of the molecule is C[C@H](N)C(=O)N(C)Cc1cc2ccccc2o1.Cl. The second-order valence-corrected chi connectivity index (χ2v) is 4.23. The second kappa shape index (κ2) is 5.89. The van der Waals surface area contributed by atoms with Gasteiger partial charge in [-0.15, -0.1) is 12.4 Å². The van der Waals surface area contributed by atoms with Crippen molar-refractivity contribution in [1.82, 2.24) is 4.90 Å². The summed E-state index contributed by atoms with van der Waals surface area (Å²) in [6.07, 6.45) is 0. The van der Waals surface area contributed by atoms with Gasteiger partial charge in [0.15, 0.2) is 0 Å². The van der Waals surface area contributed by atoms with E-state index < -0.39 is 6.04 Å². The summed E-state index contributed by atoms with van der Waals surface area (Å²) in [6.45, 7) is 2.12. The average Bonchev–Trinajstić information content (AvgIpc) is 2.69. The maximum absolute atomic E-state index is 11.6. The first-order valence-corrected chi connectivity index (χ1v) is 5.56. The molecule has 1 aromatic heterocycles. The van der Waals surface area contributed by atoms with Crippen molar-refractivity contribution in [3.05, 3.63) is 36.1 Å². The van der Waals surface area contributed by atoms with Crippen molar-refractivity contribution >= 4 is 29.3 Å². The molecule has 2 aromatic rings. The quantitative estimate of drug-likeness (QED) is 0.928. The Balaban J connectivity index is 0.00000162. The number of halogens is 1. The minimum atomic E-state index is -0.482. The highest BCUT2D eigenvalue weighted by Gasteiger charge is 2.15. The lowest BCUT2D eigenvalue weighted by Crippen LogP contribution is -2.39. The minimum Gasteiger partial charge on any atom is -0.459 e. The van der Waals surface area contributed by atoms with Crippen LogP contribution in [0, 0.1) is 0 Å². The first-order valence-electron chi connectivity index (χ1n) is 5.56. The topological polar surface area (TPSA) is 59.5 Å². The largest absolute Gasteiger partial charge is 0.459 e. The fourth-order valence-corrected chi connectivity index (χ4v) is 1.77. The van der Waals surface area contributed by atoms with Gasteiger partial charge in [-0.25, -0.2) is 0 Å². The first kappa shape index (κ1) is 14.5. The van der Waals surface area contributed by atoms with Crippen molar-refractivity contribution < 1.29 is 9.21 Å². The third-order valence-electron chi connectivity index (χ3n) is 2.64. The van der Waals surface area contributed by atoms with Gasteiger partial charge in [0.05, 0.1) is 12.6 Å². The summed E-state index contributed by atoms with van der Waals surface area (Å²) in [5.41, 5.74) is 6.38. The smallest absolute Gasteiger partial charge is 0.239 e. The number of hydrogen-bond acceptors (Lipinski definition) is 3. The van der Waals surface area contributed by atoms with Gasteiger partial charge in [-0.2, -0.15) is 0 Å². The Morgan fingerprint density at radius 1 is 1.44 bits per heavy atom. The molecular formula is C13H17ClN2O2. The number of nitrogens with zero attached hydrogens (tertiary/aromatic N) is 1. The Morgan fingerprint density at radius 2 is 2.11 bits per heavy atom. The van der Waals surface area contributed by atoms with Crippen LogP contribution >= 0.6 is 12.4 Å². The van der Waals surface area contributed by atoms with E-state index in [9.17, 15) is 4.79 Å². The number of furan rings is 1. The number of carbonyl (C=O) groups excluding carboxylic acids is 1. The second-order valence-electron chi connectivity index (χ2n) is 4.23. The summed E-state index contributed by atoms with van der Waals surface area (Å²) >= 11 is 0. The van der Waals surface area contributed by atoms with Gasteiger partial charge >= 0.3 is 0 Å². The number of nitrogens with two attached hydrogens (primary N) is 1. The van der Waals surface area contributed by atoms with E-state index in [0.29, 0.717) is 6.54 Å². The molecule has 0 radical (unpaired) electrons. The molecule has 4 nitrogen and oxygen atoms in total. The average molecular weight is 269 g/mol. The van der Waals surface area contributed by atoms with E-state index in [1.54, 1.807) is 18.9 Å². The molecule has 5 heteroatoms. The molecule has 2 N–H and O–H groups in total. The third-order valence-corrected chi connectivity index (χ3v) is 2.64. The van der Waals surface area contributed by atoms with E-state index in [-0.39, 0.29) is 18.3 Å². The summed E-state index contributed by atoms with van der Waals surface area (Å²) in [5.74, 6) is 0.674. The normalized spacial score (nSPS) is 11.9. The number of amides is 1. The van der Waals surface area contributed by atoms with Crippen molar-refractivity contribution in [3.8, 4) is 0 Å². The van der Waals surface area contributed by atoms with Gasteiger partial charge in [-0.05, 0) is 19.1 Å². The molecule has 0 fully saturated rings. The maximum atomic E-state index is 11.6. The van der Waals surface area contributed by atoms with Crippen LogP contribution in [0.2, 0.25) is 0 Å². The van der Waals surface area contributed by atoms with E-state index in [2.05, 4.69) is 0 Å². The molecule has 0 aliphatic heterocycles. The monoisotopic (exact) mass is 268 g/mol. The summed E-state index contributed by atoms with van der Waals surface area (Å²) in [7, 11) is 1.72. The van der Waals surface area contributed by atoms with Gasteiger partial charge in [0.25, 0.3) is 0 Å². The molecule has 0 saturated carbocycles. The molecule has 0 spiro atoms. The number of hydrogen-bond donors (Lipinski definition) is 1. The third kappa shape index (κ3) is 3.03. The van der Waals surface area contributed by atoms with Crippen LogP contribution in [-0.4, -0.2) is 23.9 Å². The predicted octanol–water partition coefficient (Wildman–Crippen LogP) is 2.16. The van der Waals surface area contributed by atoms with Gasteiger partial charge in [-0.3, -0.25) is 4.79 Å². The lowest BCUT2D eigenvalue weighted by Gasteiger charge is -2.17. The van der Waals surface area contributed by atoms with Gasteiger partial charge < -0.3 is 15.1 Å². The zero-order valence-corrected chi connectivity index (χ0v) is 11.2. The summed E-state index contributed by atoms with van der Waals surface area (Å²) in [6, 6.07) is 9.23. The number of likely N-dealkylation sites (N-methyl/N-ethyl adjacent to an activating group) is 1. The lowest BCUT2D eigenvalue weighted by molar-refractivity contribution is -0.131.